The molecule has 2 rings (SSSR count). The Labute approximate surface area is 157 Å². The van der Waals surface area contributed by atoms with Crippen molar-refractivity contribution in [2.75, 3.05) is 6.61 Å². The van der Waals surface area contributed by atoms with Gasteiger partial charge in [-0.3, -0.25) is 14.9 Å². The van der Waals surface area contributed by atoms with Gasteiger partial charge in [0.2, 0.25) is 5.91 Å². The van der Waals surface area contributed by atoms with Crippen LogP contribution in [0, 0.1) is 10.1 Å². The highest BCUT2D eigenvalue weighted by atomic mass is 79.9. The van der Waals surface area contributed by atoms with Gasteiger partial charge in [-0.25, -0.2) is 5.43 Å². The number of rotatable bonds is 7. The average molecular weight is 422 g/mol. The van der Waals surface area contributed by atoms with Crippen LogP contribution in [0.1, 0.15) is 18.1 Å². The Morgan fingerprint density at radius 1 is 1.42 bits per heavy atom. The fraction of sp³-hybridized carbons (Fsp3) is 0.176. The van der Waals surface area contributed by atoms with Gasteiger partial charge in [-0.2, -0.15) is 5.10 Å². The molecule has 0 fully saturated rings. The quantitative estimate of drug-likeness (QED) is 0.404. The highest BCUT2D eigenvalue weighted by Crippen LogP contribution is 2.32. The lowest BCUT2D eigenvalue weighted by Gasteiger charge is -2.08. The van der Waals surface area contributed by atoms with E-state index in [9.17, 15) is 20.0 Å². The number of para-hydroxylation sites is 1. The predicted molar refractivity (Wildman–Crippen MR) is 99.5 cm³/mol. The summed E-state index contributed by atoms with van der Waals surface area (Å²) in [7, 11) is 0. The maximum absolute atomic E-state index is 12.0. The number of aromatic hydroxyl groups is 1. The normalized spacial score (nSPS) is 10.7. The second kappa shape index (κ2) is 8.95. The van der Waals surface area contributed by atoms with Crippen LogP contribution in [0.25, 0.3) is 0 Å². The van der Waals surface area contributed by atoms with E-state index in [1.54, 1.807) is 25.1 Å². The molecule has 26 heavy (non-hydrogen) atoms. The Balaban J connectivity index is 2.07. The minimum atomic E-state index is -0.541. The van der Waals surface area contributed by atoms with Gasteiger partial charge in [0.25, 0.3) is 5.69 Å². The molecule has 1 amide bonds. The summed E-state index contributed by atoms with van der Waals surface area (Å²) in [6.45, 7) is 2.17. The number of carbonyl (C=O) groups excluding carboxylic acids is 1. The first-order valence-electron chi connectivity index (χ1n) is 7.62. The number of amides is 1. The number of hydrogen-bond acceptors (Lipinski definition) is 6. The van der Waals surface area contributed by atoms with E-state index in [-0.39, 0.29) is 29.2 Å². The maximum Gasteiger partial charge on any atom is 0.273 e. The van der Waals surface area contributed by atoms with E-state index in [4.69, 9.17) is 4.74 Å². The molecule has 0 aliphatic heterocycles. The number of phenols is 1. The number of hydrogen-bond donors (Lipinski definition) is 2. The Kier molecular flexibility index (Phi) is 6.67. The van der Waals surface area contributed by atoms with Crippen molar-refractivity contribution in [1.82, 2.24) is 5.43 Å². The fourth-order valence-corrected chi connectivity index (χ4v) is 2.64. The van der Waals surface area contributed by atoms with E-state index in [1.165, 1.54) is 24.4 Å². The van der Waals surface area contributed by atoms with Crippen LogP contribution in [0.2, 0.25) is 0 Å². The SMILES string of the molecule is CCOc1cc(Br)cc(C=NNC(=O)Cc2ccccc2[N+](=O)[O-])c1O. The monoisotopic (exact) mass is 421 g/mol. The molecule has 0 aliphatic carbocycles. The van der Waals surface area contributed by atoms with E-state index < -0.39 is 10.8 Å². The number of nitro groups is 1. The number of hydrazone groups is 1. The molecule has 0 heterocycles. The van der Waals surface area contributed by atoms with Crippen molar-refractivity contribution in [3.05, 3.63) is 62.1 Å². The third-order valence-electron chi connectivity index (χ3n) is 3.30. The summed E-state index contributed by atoms with van der Waals surface area (Å²) < 4.78 is 5.98. The smallest absolute Gasteiger partial charge is 0.273 e. The van der Waals surface area contributed by atoms with Gasteiger partial charge >= 0.3 is 0 Å². The summed E-state index contributed by atoms with van der Waals surface area (Å²) in [5, 5.41) is 24.9. The standard InChI is InChI=1S/C17H16BrN3O5/c1-2-26-15-9-13(18)7-12(17(15)23)10-19-20-16(22)8-11-5-3-4-6-14(11)21(24)25/h3-7,9-10,23H,2,8H2,1H3,(H,20,22). The molecule has 0 spiro atoms. The van der Waals surface area contributed by atoms with Gasteiger partial charge < -0.3 is 9.84 Å². The van der Waals surface area contributed by atoms with E-state index in [0.29, 0.717) is 16.6 Å². The molecule has 136 valence electrons. The third-order valence-corrected chi connectivity index (χ3v) is 3.76. The molecular formula is C17H16BrN3O5. The van der Waals surface area contributed by atoms with Gasteiger partial charge in [-0.05, 0) is 19.1 Å². The van der Waals surface area contributed by atoms with E-state index in [1.807, 2.05) is 0 Å². The van der Waals surface area contributed by atoms with Crippen molar-refractivity contribution in [2.45, 2.75) is 13.3 Å². The molecule has 2 N–H and O–H groups in total. The molecule has 0 saturated carbocycles. The highest BCUT2D eigenvalue weighted by Gasteiger charge is 2.15. The van der Waals surface area contributed by atoms with Gasteiger partial charge in [0.15, 0.2) is 11.5 Å². The van der Waals surface area contributed by atoms with E-state index >= 15 is 0 Å². The number of benzene rings is 2. The van der Waals surface area contributed by atoms with Crippen molar-refractivity contribution in [3.8, 4) is 11.5 Å². The van der Waals surface area contributed by atoms with E-state index in [0.717, 1.165) is 0 Å². The maximum atomic E-state index is 12.0. The Morgan fingerprint density at radius 3 is 2.85 bits per heavy atom. The Hall–Kier alpha value is -2.94. The number of nitrogens with one attached hydrogen (secondary N) is 1. The largest absolute Gasteiger partial charge is 0.504 e. The van der Waals surface area contributed by atoms with Crippen LogP contribution < -0.4 is 10.2 Å². The number of halogens is 1. The Bertz CT molecular complexity index is 854. The molecule has 0 bridgehead atoms. The summed E-state index contributed by atoms with van der Waals surface area (Å²) in [5.41, 5.74) is 2.79. The van der Waals surface area contributed by atoms with Gasteiger partial charge in [-0.15, -0.1) is 0 Å². The minimum Gasteiger partial charge on any atom is -0.504 e. The molecular weight excluding hydrogens is 406 g/mol. The Morgan fingerprint density at radius 2 is 2.15 bits per heavy atom. The number of carbonyl (C=O) groups is 1. The van der Waals surface area contributed by atoms with Crippen molar-refractivity contribution in [3.63, 3.8) is 0 Å². The van der Waals surface area contributed by atoms with Crippen LogP contribution in [0.15, 0.2) is 46.0 Å². The number of ether oxygens (including phenoxy) is 1. The molecule has 9 heteroatoms. The second-order valence-corrected chi connectivity index (χ2v) is 6.05. The van der Waals surface area contributed by atoms with Crippen LogP contribution in [0.4, 0.5) is 5.69 Å². The van der Waals surface area contributed by atoms with Crippen LogP contribution in [0.5, 0.6) is 11.5 Å². The summed E-state index contributed by atoms with van der Waals surface area (Å²) in [4.78, 5) is 22.4. The lowest BCUT2D eigenvalue weighted by Crippen LogP contribution is -2.20. The van der Waals surface area contributed by atoms with Gasteiger partial charge in [0.05, 0.1) is 24.2 Å². The average Bonchev–Trinajstić information content (AvgIpc) is 2.59. The lowest BCUT2D eigenvalue weighted by atomic mass is 10.1. The zero-order chi connectivity index (χ0) is 19.1. The first-order chi connectivity index (χ1) is 12.4. The molecule has 2 aromatic carbocycles. The molecule has 0 aliphatic rings. The van der Waals surface area contributed by atoms with Crippen molar-refractivity contribution in [2.24, 2.45) is 5.10 Å². The van der Waals surface area contributed by atoms with Crippen LogP contribution in [0.3, 0.4) is 0 Å². The zero-order valence-corrected chi connectivity index (χ0v) is 15.4. The van der Waals surface area contributed by atoms with Gasteiger partial charge in [0.1, 0.15) is 0 Å². The summed E-state index contributed by atoms with van der Waals surface area (Å²) in [6.07, 6.45) is 1.07. The predicted octanol–water partition coefficient (Wildman–Crippen LogP) is 3.15. The third kappa shape index (κ3) is 5.03. The first kappa shape index (κ1) is 19.4. The molecule has 0 radical (unpaired) electrons. The molecule has 0 atom stereocenters. The van der Waals surface area contributed by atoms with Crippen molar-refractivity contribution in [1.29, 1.82) is 0 Å². The van der Waals surface area contributed by atoms with Crippen molar-refractivity contribution >= 4 is 33.7 Å². The van der Waals surface area contributed by atoms with Gasteiger partial charge in [0, 0.05) is 21.7 Å². The molecule has 0 unspecified atom stereocenters. The minimum absolute atomic E-state index is 0.105. The molecule has 0 aromatic heterocycles. The number of nitro benzene ring substituents is 1. The zero-order valence-electron chi connectivity index (χ0n) is 13.8. The molecule has 8 nitrogen and oxygen atoms in total. The van der Waals surface area contributed by atoms with Crippen LogP contribution >= 0.6 is 15.9 Å². The van der Waals surface area contributed by atoms with Crippen molar-refractivity contribution < 1.29 is 19.6 Å². The molecule has 0 saturated heterocycles. The second-order valence-electron chi connectivity index (χ2n) is 5.13. The summed E-state index contributed by atoms with van der Waals surface area (Å²) >= 11 is 3.30. The summed E-state index contributed by atoms with van der Waals surface area (Å²) in [6, 6.07) is 9.22. The molecule has 2 aromatic rings. The van der Waals surface area contributed by atoms with Gasteiger partial charge in [-0.1, -0.05) is 34.1 Å². The van der Waals surface area contributed by atoms with Crippen LogP contribution in [-0.2, 0) is 11.2 Å². The number of nitrogens with zero attached hydrogens (tertiary/aromatic N) is 2. The topological polar surface area (TPSA) is 114 Å². The lowest BCUT2D eigenvalue weighted by molar-refractivity contribution is -0.385. The first-order valence-corrected chi connectivity index (χ1v) is 8.41. The number of phenolic OH excluding ortho intramolecular Hbond substituents is 1. The summed E-state index contributed by atoms with van der Waals surface area (Å²) in [5.74, 6) is -0.337. The fourth-order valence-electron chi connectivity index (χ4n) is 2.18. The van der Waals surface area contributed by atoms with E-state index in [2.05, 4.69) is 26.5 Å². The van der Waals surface area contributed by atoms with Crippen LogP contribution in [-0.4, -0.2) is 28.8 Å². The highest BCUT2D eigenvalue weighted by molar-refractivity contribution is 9.10.